The summed E-state index contributed by atoms with van der Waals surface area (Å²) in [7, 11) is -0.236. The van der Waals surface area contributed by atoms with Crippen LogP contribution in [0.4, 0.5) is 5.69 Å². The van der Waals surface area contributed by atoms with Crippen LogP contribution in [0.2, 0.25) is 23.2 Å². The van der Waals surface area contributed by atoms with Gasteiger partial charge < -0.3 is 20.2 Å². The maximum absolute atomic E-state index is 12.4. The van der Waals surface area contributed by atoms with E-state index in [1.807, 2.05) is 0 Å². The predicted molar refractivity (Wildman–Crippen MR) is 102 cm³/mol. The lowest BCUT2D eigenvalue weighted by Gasteiger charge is -2.36. The summed E-state index contributed by atoms with van der Waals surface area (Å²) in [5.74, 6) is -0.206. The molecule has 1 aromatic carbocycles. The molecule has 0 saturated carbocycles. The Morgan fingerprint density at radius 2 is 1.96 bits per heavy atom. The van der Waals surface area contributed by atoms with Gasteiger partial charge in [0.25, 0.3) is 5.91 Å². The van der Waals surface area contributed by atoms with Crippen molar-refractivity contribution in [3.05, 3.63) is 28.3 Å². The topological polar surface area (TPSA) is 73.6 Å². The highest BCUT2D eigenvalue weighted by Crippen LogP contribution is 2.36. The fraction of sp³-hybridized carbons (Fsp3) is 0.588. The highest BCUT2D eigenvalue weighted by atomic mass is 35.5. The number of methoxy groups -OCH3 is 1. The minimum Gasteiger partial charge on any atom is -0.415 e. The van der Waals surface area contributed by atoms with Crippen LogP contribution >= 0.6 is 11.6 Å². The Morgan fingerprint density at radius 3 is 2.50 bits per heavy atom. The van der Waals surface area contributed by atoms with Crippen LogP contribution in [0.1, 0.15) is 36.7 Å². The summed E-state index contributed by atoms with van der Waals surface area (Å²) < 4.78 is 11.2. The third kappa shape index (κ3) is 5.48. The third-order valence-electron chi connectivity index (χ3n) is 4.42. The molecular formula is C17H29ClN2O3Si. The largest absolute Gasteiger partial charge is 0.415 e. The fourth-order valence-corrected chi connectivity index (χ4v) is 3.11. The summed E-state index contributed by atoms with van der Waals surface area (Å²) in [6, 6.07) is 3.25. The molecule has 0 aliphatic carbocycles. The number of carbonyl (C=O) groups is 1. The van der Waals surface area contributed by atoms with Crippen molar-refractivity contribution in [2.45, 2.75) is 45.5 Å². The van der Waals surface area contributed by atoms with Crippen LogP contribution in [0.5, 0.6) is 0 Å². The number of nitrogen functional groups attached to an aromatic ring is 1. The summed E-state index contributed by atoms with van der Waals surface area (Å²) in [6.07, 6.45) is 0. The highest BCUT2D eigenvalue weighted by Gasteiger charge is 2.36. The van der Waals surface area contributed by atoms with Crippen molar-refractivity contribution >= 4 is 31.5 Å². The number of carbonyl (C=O) groups excluding carboxylic acids is 1. The molecule has 0 aliphatic rings. The Kier molecular flexibility index (Phi) is 7.28. The van der Waals surface area contributed by atoms with Crippen LogP contribution in [-0.4, -0.2) is 34.5 Å². The van der Waals surface area contributed by atoms with Crippen molar-refractivity contribution < 1.29 is 14.0 Å². The number of halogens is 1. The molecule has 0 bridgehead atoms. The molecule has 1 amide bonds. The van der Waals surface area contributed by atoms with E-state index in [1.54, 1.807) is 19.2 Å². The summed E-state index contributed by atoms with van der Waals surface area (Å²) in [5, 5.41) is 3.38. The molecule has 0 saturated heterocycles. The van der Waals surface area contributed by atoms with Gasteiger partial charge in [0.05, 0.1) is 23.9 Å². The quantitative estimate of drug-likeness (QED) is 0.433. The number of rotatable bonds is 7. The van der Waals surface area contributed by atoms with Gasteiger partial charge in [-0.1, -0.05) is 32.4 Å². The molecule has 0 aromatic heterocycles. The Labute approximate surface area is 151 Å². The number of anilines is 1. The summed E-state index contributed by atoms with van der Waals surface area (Å²) in [5.41, 5.74) is 7.41. The number of hydrogen-bond acceptors (Lipinski definition) is 4. The van der Waals surface area contributed by atoms with E-state index in [2.05, 4.69) is 39.2 Å². The second-order valence-electron chi connectivity index (χ2n) is 7.33. The maximum Gasteiger partial charge on any atom is 0.251 e. The first-order valence-corrected chi connectivity index (χ1v) is 11.3. The van der Waals surface area contributed by atoms with Gasteiger partial charge in [-0.25, -0.2) is 0 Å². The first-order chi connectivity index (χ1) is 11.0. The molecule has 136 valence electrons. The fourth-order valence-electron chi connectivity index (χ4n) is 1.91. The molecule has 1 rings (SSSR count). The first kappa shape index (κ1) is 21.0. The van der Waals surface area contributed by atoms with Crippen molar-refractivity contribution in [3.8, 4) is 0 Å². The number of hydrogen-bond donors (Lipinski definition) is 2. The zero-order valence-electron chi connectivity index (χ0n) is 15.5. The molecule has 0 radical (unpaired) electrons. The third-order valence-corrected chi connectivity index (χ3v) is 9.29. The minimum absolute atomic E-state index is 0.146. The molecule has 1 aromatic rings. The molecule has 3 N–H and O–H groups in total. The van der Waals surface area contributed by atoms with Crippen LogP contribution < -0.4 is 11.1 Å². The van der Waals surface area contributed by atoms with Gasteiger partial charge >= 0.3 is 0 Å². The van der Waals surface area contributed by atoms with Gasteiger partial charge in [-0.3, -0.25) is 4.79 Å². The monoisotopic (exact) mass is 372 g/mol. The average Bonchev–Trinajstić information content (AvgIpc) is 2.46. The van der Waals surface area contributed by atoms with E-state index in [0.29, 0.717) is 41.6 Å². The number of nitrogens with one attached hydrogen (secondary N) is 1. The summed E-state index contributed by atoms with van der Waals surface area (Å²) >= 11 is 6.04. The van der Waals surface area contributed by atoms with Crippen LogP contribution in [-0.2, 0) is 15.8 Å². The van der Waals surface area contributed by atoms with Gasteiger partial charge in [0.2, 0.25) is 0 Å². The van der Waals surface area contributed by atoms with Gasteiger partial charge in [0, 0.05) is 19.2 Å². The number of ether oxygens (including phenoxy) is 1. The molecule has 0 atom stereocenters. The molecule has 0 fully saturated rings. The molecule has 0 heterocycles. The van der Waals surface area contributed by atoms with Crippen molar-refractivity contribution in [3.63, 3.8) is 0 Å². The average molecular weight is 373 g/mol. The number of amides is 1. The highest BCUT2D eigenvalue weighted by molar-refractivity contribution is 6.74. The van der Waals surface area contributed by atoms with Crippen molar-refractivity contribution in [1.82, 2.24) is 5.32 Å². The zero-order valence-corrected chi connectivity index (χ0v) is 17.2. The number of nitrogens with two attached hydrogens (primary N) is 1. The Balaban J connectivity index is 2.68. The lowest BCUT2D eigenvalue weighted by atomic mass is 10.1. The zero-order chi connectivity index (χ0) is 18.5. The lowest BCUT2D eigenvalue weighted by Crippen LogP contribution is -2.42. The number of benzene rings is 1. The van der Waals surface area contributed by atoms with E-state index < -0.39 is 8.32 Å². The molecule has 24 heavy (non-hydrogen) atoms. The van der Waals surface area contributed by atoms with Crippen LogP contribution in [0.25, 0.3) is 0 Å². The van der Waals surface area contributed by atoms with Crippen molar-refractivity contribution in [2.75, 3.05) is 26.0 Å². The second-order valence-corrected chi connectivity index (χ2v) is 12.5. The molecule has 7 heteroatoms. The van der Waals surface area contributed by atoms with Gasteiger partial charge in [-0.15, -0.1) is 0 Å². The second kappa shape index (κ2) is 8.34. The first-order valence-electron chi connectivity index (χ1n) is 7.98. The Bertz CT molecular complexity index is 586. The molecule has 0 spiro atoms. The predicted octanol–water partition coefficient (Wildman–Crippen LogP) is 3.82. The van der Waals surface area contributed by atoms with Crippen LogP contribution in [0.15, 0.2) is 12.1 Å². The Hall–Kier alpha value is -1.08. The van der Waals surface area contributed by atoms with Gasteiger partial charge in [-0.2, -0.15) is 0 Å². The SMILES string of the molecule is COCc1cc(N)c(Cl)cc1C(=O)NCCO[Si](C)(C)C(C)(C)C. The standard InChI is InChI=1S/C17H29ClN2O3Si/c1-17(2,3)24(5,6)23-8-7-20-16(21)13-10-14(18)15(19)9-12(13)11-22-4/h9-10H,7-8,11,19H2,1-6H3,(H,20,21). The van der Waals surface area contributed by atoms with E-state index in [0.717, 1.165) is 0 Å². The smallest absolute Gasteiger partial charge is 0.251 e. The minimum atomic E-state index is -1.81. The molecule has 0 aliphatic heterocycles. The van der Waals surface area contributed by atoms with Gasteiger partial charge in [0.1, 0.15) is 0 Å². The van der Waals surface area contributed by atoms with E-state index in [9.17, 15) is 4.79 Å². The molecule has 0 unspecified atom stereocenters. The molecular weight excluding hydrogens is 344 g/mol. The van der Waals surface area contributed by atoms with E-state index in [4.69, 9.17) is 26.5 Å². The van der Waals surface area contributed by atoms with Gasteiger partial charge in [0.15, 0.2) is 8.32 Å². The lowest BCUT2D eigenvalue weighted by molar-refractivity contribution is 0.0941. The van der Waals surface area contributed by atoms with Crippen LogP contribution in [0.3, 0.4) is 0 Å². The van der Waals surface area contributed by atoms with E-state index in [-0.39, 0.29) is 10.9 Å². The van der Waals surface area contributed by atoms with E-state index >= 15 is 0 Å². The van der Waals surface area contributed by atoms with Gasteiger partial charge in [-0.05, 0) is 35.8 Å². The Morgan fingerprint density at radius 1 is 1.33 bits per heavy atom. The van der Waals surface area contributed by atoms with Crippen molar-refractivity contribution in [1.29, 1.82) is 0 Å². The summed E-state index contributed by atoms with van der Waals surface area (Å²) in [4.78, 5) is 12.4. The van der Waals surface area contributed by atoms with Crippen LogP contribution in [0, 0.1) is 0 Å². The van der Waals surface area contributed by atoms with E-state index in [1.165, 1.54) is 0 Å². The van der Waals surface area contributed by atoms with Crippen molar-refractivity contribution in [2.24, 2.45) is 0 Å². The maximum atomic E-state index is 12.4. The molecule has 5 nitrogen and oxygen atoms in total. The normalized spacial score (nSPS) is 12.3. The summed E-state index contributed by atoms with van der Waals surface area (Å²) in [6.45, 7) is 12.2.